The highest BCUT2D eigenvalue weighted by Crippen LogP contribution is 2.32. The summed E-state index contributed by atoms with van der Waals surface area (Å²) < 4.78 is 0. The number of para-hydroxylation sites is 2. The third kappa shape index (κ3) is 3.14. The molecule has 3 heterocycles. The minimum absolute atomic E-state index is 0.411. The molecule has 4 N–H and O–H groups in total. The van der Waals surface area contributed by atoms with Crippen LogP contribution in [0.5, 0.6) is 0 Å². The lowest BCUT2D eigenvalue weighted by Gasteiger charge is -2.14. The van der Waals surface area contributed by atoms with E-state index in [1.807, 2.05) is 60.7 Å². The molecule has 0 aliphatic carbocycles. The zero-order chi connectivity index (χ0) is 19.6. The van der Waals surface area contributed by atoms with Gasteiger partial charge < -0.3 is 16.4 Å². The van der Waals surface area contributed by atoms with Gasteiger partial charge in [-0.3, -0.25) is 9.97 Å². The minimum atomic E-state index is 0.411. The summed E-state index contributed by atoms with van der Waals surface area (Å²) in [5.74, 6) is 1.02. The van der Waals surface area contributed by atoms with E-state index in [2.05, 4.69) is 30.6 Å². The van der Waals surface area contributed by atoms with Gasteiger partial charge in [-0.05, 0) is 24.3 Å². The van der Waals surface area contributed by atoms with Gasteiger partial charge in [0.25, 0.3) is 0 Å². The van der Waals surface area contributed by atoms with E-state index in [-0.39, 0.29) is 0 Å². The van der Waals surface area contributed by atoms with Gasteiger partial charge in [0.05, 0.1) is 22.4 Å². The number of pyridine rings is 2. The molecule has 0 saturated heterocycles. The van der Waals surface area contributed by atoms with Crippen molar-refractivity contribution in [1.29, 1.82) is 0 Å². The van der Waals surface area contributed by atoms with Crippen LogP contribution in [-0.4, -0.2) is 19.9 Å². The molecule has 0 radical (unpaired) electrons. The SMILES string of the molecule is Nc1c(Nc2cccc3cccnc23)ncnc1Nc1cccc2cccnc12. The van der Waals surface area contributed by atoms with Crippen molar-refractivity contribution in [3.05, 3.63) is 79.4 Å². The van der Waals surface area contributed by atoms with Crippen molar-refractivity contribution in [1.82, 2.24) is 19.9 Å². The van der Waals surface area contributed by atoms with Crippen LogP contribution in [0.15, 0.2) is 79.4 Å². The molecule has 2 aromatic carbocycles. The number of rotatable bonds is 4. The molecule has 7 heteroatoms. The molecule has 7 nitrogen and oxygen atoms in total. The van der Waals surface area contributed by atoms with E-state index in [0.29, 0.717) is 17.3 Å². The van der Waals surface area contributed by atoms with Crippen LogP contribution in [0, 0.1) is 0 Å². The smallest absolute Gasteiger partial charge is 0.159 e. The molecule has 0 spiro atoms. The highest BCUT2D eigenvalue weighted by molar-refractivity contribution is 5.95. The molecule has 140 valence electrons. The number of anilines is 5. The summed E-state index contributed by atoms with van der Waals surface area (Å²) in [5.41, 5.74) is 10.1. The fourth-order valence-electron chi connectivity index (χ4n) is 3.26. The van der Waals surface area contributed by atoms with Crippen LogP contribution in [0.2, 0.25) is 0 Å². The summed E-state index contributed by atoms with van der Waals surface area (Å²) in [6.07, 6.45) is 4.99. The molecule has 29 heavy (non-hydrogen) atoms. The van der Waals surface area contributed by atoms with Gasteiger partial charge in [0, 0.05) is 23.2 Å². The Morgan fingerprint density at radius 1 is 0.586 bits per heavy atom. The summed E-state index contributed by atoms with van der Waals surface area (Å²) in [7, 11) is 0. The van der Waals surface area contributed by atoms with Crippen molar-refractivity contribution in [2.45, 2.75) is 0 Å². The molecule has 0 fully saturated rings. The fourth-order valence-corrected chi connectivity index (χ4v) is 3.26. The zero-order valence-corrected chi connectivity index (χ0v) is 15.4. The second-order valence-corrected chi connectivity index (χ2v) is 6.50. The monoisotopic (exact) mass is 379 g/mol. The second-order valence-electron chi connectivity index (χ2n) is 6.50. The summed E-state index contributed by atoms with van der Waals surface area (Å²) in [6.45, 7) is 0. The Labute approximate surface area is 166 Å². The molecule has 5 rings (SSSR count). The Morgan fingerprint density at radius 3 is 1.59 bits per heavy atom. The highest BCUT2D eigenvalue weighted by atomic mass is 15.1. The highest BCUT2D eigenvalue weighted by Gasteiger charge is 2.12. The van der Waals surface area contributed by atoms with E-state index in [4.69, 9.17) is 5.73 Å². The number of nitrogen functional groups attached to an aromatic ring is 1. The third-order valence-corrected chi connectivity index (χ3v) is 4.66. The van der Waals surface area contributed by atoms with E-state index < -0.39 is 0 Å². The van der Waals surface area contributed by atoms with Crippen molar-refractivity contribution in [3.8, 4) is 0 Å². The summed E-state index contributed by atoms with van der Waals surface area (Å²) in [5, 5.41) is 8.63. The number of hydrogen-bond acceptors (Lipinski definition) is 7. The standard InChI is InChI=1S/C22H17N7/c23-18-21(28-16-9-1-5-14-7-3-11-24-19(14)16)26-13-27-22(18)29-17-10-2-6-15-8-4-12-25-20(15)17/h1-13H,23H2,(H2,26,27,28,29). The van der Waals surface area contributed by atoms with E-state index in [0.717, 1.165) is 33.2 Å². The predicted molar refractivity (Wildman–Crippen MR) is 116 cm³/mol. The predicted octanol–water partition coefficient (Wildman–Crippen LogP) is 4.64. The van der Waals surface area contributed by atoms with Gasteiger partial charge in [0.2, 0.25) is 0 Å². The first-order valence-corrected chi connectivity index (χ1v) is 9.11. The van der Waals surface area contributed by atoms with Gasteiger partial charge in [-0.15, -0.1) is 0 Å². The van der Waals surface area contributed by atoms with E-state index >= 15 is 0 Å². The maximum atomic E-state index is 6.38. The fraction of sp³-hybridized carbons (Fsp3) is 0. The molecular weight excluding hydrogens is 362 g/mol. The summed E-state index contributed by atoms with van der Waals surface area (Å²) in [4.78, 5) is 17.6. The van der Waals surface area contributed by atoms with Crippen LogP contribution in [0.3, 0.4) is 0 Å². The van der Waals surface area contributed by atoms with Crippen LogP contribution in [-0.2, 0) is 0 Å². The van der Waals surface area contributed by atoms with Crippen molar-refractivity contribution in [3.63, 3.8) is 0 Å². The van der Waals surface area contributed by atoms with Crippen LogP contribution in [0.1, 0.15) is 0 Å². The average Bonchev–Trinajstić information content (AvgIpc) is 2.77. The maximum absolute atomic E-state index is 6.38. The van der Waals surface area contributed by atoms with Crippen molar-refractivity contribution in [2.24, 2.45) is 0 Å². The van der Waals surface area contributed by atoms with Crippen LogP contribution >= 0.6 is 0 Å². The molecule has 0 atom stereocenters. The minimum Gasteiger partial charge on any atom is -0.393 e. The zero-order valence-electron chi connectivity index (χ0n) is 15.4. The van der Waals surface area contributed by atoms with Gasteiger partial charge in [-0.2, -0.15) is 0 Å². The van der Waals surface area contributed by atoms with E-state index in [1.165, 1.54) is 6.33 Å². The lowest BCUT2D eigenvalue weighted by Crippen LogP contribution is -2.06. The number of hydrogen-bond donors (Lipinski definition) is 3. The molecule has 0 amide bonds. The number of fused-ring (bicyclic) bond motifs is 2. The van der Waals surface area contributed by atoms with Gasteiger partial charge in [-0.25, -0.2) is 9.97 Å². The molecular formula is C22H17N7. The number of nitrogens with one attached hydrogen (secondary N) is 2. The first-order chi connectivity index (χ1) is 14.3. The summed E-state index contributed by atoms with van der Waals surface area (Å²) >= 11 is 0. The first-order valence-electron chi connectivity index (χ1n) is 9.11. The Hall–Kier alpha value is -4.26. The number of nitrogens with zero attached hydrogens (tertiary/aromatic N) is 4. The average molecular weight is 379 g/mol. The van der Waals surface area contributed by atoms with Crippen LogP contribution in [0.25, 0.3) is 21.8 Å². The molecule has 3 aromatic heterocycles. The number of benzene rings is 2. The molecule has 0 bridgehead atoms. The lowest BCUT2D eigenvalue weighted by atomic mass is 10.2. The van der Waals surface area contributed by atoms with Crippen LogP contribution < -0.4 is 16.4 Å². The van der Waals surface area contributed by atoms with Crippen molar-refractivity contribution < 1.29 is 0 Å². The van der Waals surface area contributed by atoms with E-state index in [1.54, 1.807) is 12.4 Å². The maximum Gasteiger partial charge on any atom is 0.159 e. The largest absolute Gasteiger partial charge is 0.393 e. The quantitative estimate of drug-likeness (QED) is 0.418. The first kappa shape index (κ1) is 16.9. The molecule has 5 aromatic rings. The molecule has 0 aliphatic heterocycles. The van der Waals surface area contributed by atoms with Crippen molar-refractivity contribution >= 4 is 50.5 Å². The summed E-state index contributed by atoms with van der Waals surface area (Å²) in [6, 6.07) is 19.7. The Morgan fingerprint density at radius 2 is 1.07 bits per heavy atom. The second kappa shape index (κ2) is 7.05. The van der Waals surface area contributed by atoms with Gasteiger partial charge in [0.15, 0.2) is 11.6 Å². The van der Waals surface area contributed by atoms with Gasteiger partial charge >= 0.3 is 0 Å². The molecule has 0 unspecified atom stereocenters. The lowest BCUT2D eigenvalue weighted by molar-refractivity contribution is 1.17. The Kier molecular flexibility index (Phi) is 4.10. The third-order valence-electron chi connectivity index (χ3n) is 4.66. The number of nitrogens with two attached hydrogens (primary N) is 1. The van der Waals surface area contributed by atoms with Crippen LogP contribution in [0.4, 0.5) is 28.7 Å². The van der Waals surface area contributed by atoms with Crippen molar-refractivity contribution in [2.75, 3.05) is 16.4 Å². The topological polar surface area (TPSA) is 102 Å². The van der Waals surface area contributed by atoms with Gasteiger partial charge in [0.1, 0.15) is 12.0 Å². The van der Waals surface area contributed by atoms with Gasteiger partial charge in [-0.1, -0.05) is 36.4 Å². The normalized spacial score (nSPS) is 10.9. The Balaban J connectivity index is 1.52. The Bertz CT molecular complexity index is 1220. The molecule has 0 saturated carbocycles. The van der Waals surface area contributed by atoms with E-state index in [9.17, 15) is 0 Å². The molecule has 0 aliphatic rings. The number of aromatic nitrogens is 4.